The molecule has 1 saturated heterocycles. The van der Waals surface area contributed by atoms with Gasteiger partial charge in [-0.3, -0.25) is 4.79 Å². The van der Waals surface area contributed by atoms with Crippen LogP contribution in [0.3, 0.4) is 0 Å². The third kappa shape index (κ3) is 6.33. The first-order chi connectivity index (χ1) is 17.1. The monoisotopic (exact) mass is 522 g/mol. The summed E-state index contributed by atoms with van der Waals surface area (Å²) in [5.41, 5.74) is 1.04. The molecule has 0 spiro atoms. The molecular weight excluding hydrogens is 493 g/mol. The average Bonchev–Trinajstić information content (AvgIpc) is 3.29. The highest BCUT2D eigenvalue weighted by Crippen LogP contribution is 2.33. The largest absolute Gasteiger partial charge is 0.478 e. The van der Waals surface area contributed by atoms with Crippen LogP contribution in [0, 0.1) is 11.8 Å². The highest BCUT2D eigenvalue weighted by Gasteiger charge is 2.33. The molecule has 36 heavy (non-hydrogen) atoms. The van der Waals surface area contributed by atoms with Crippen LogP contribution in [-0.2, 0) is 17.4 Å². The number of aryl methyl sites for hydroxylation is 1. The molecule has 194 valence electrons. The Kier molecular flexibility index (Phi) is 8.13. The average molecular weight is 523 g/mol. The van der Waals surface area contributed by atoms with Gasteiger partial charge in [-0.1, -0.05) is 18.0 Å². The lowest BCUT2D eigenvalue weighted by molar-refractivity contribution is -0.137. The molecule has 1 aliphatic heterocycles. The Labute approximate surface area is 213 Å². The second kappa shape index (κ2) is 11.1. The van der Waals surface area contributed by atoms with Crippen LogP contribution in [0.4, 0.5) is 18.9 Å². The smallest absolute Gasteiger partial charge is 0.416 e. The fourth-order valence-corrected chi connectivity index (χ4v) is 5.65. The lowest BCUT2D eigenvalue weighted by atomic mass is 9.91. The van der Waals surface area contributed by atoms with E-state index in [1.54, 1.807) is 12.1 Å². The summed E-state index contributed by atoms with van der Waals surface area (Å²) in [6, 6.07) is 10.1. The summed E-state index contributed by atoms with van der Waals surface area (Å²) in [4.78, 5) is 26.6. The number of hydrogen-bond donors (Lipinski definition) is 2. The molecule has 0 radical (unpaired) electrons. The first-order valence-corrected chi connectivity index (χ1v) is 12.7. The number of nitrogens with zero attached hydrogens (tertiary/aromatic N) is 1. The van der Waals surface area contributed by atoms with Gasteiger partial charge in [-0.15, -0.1) is 0 Å². The molecule has 2 unspecified atom stereocenters. The highest BCUT2D eigenvalue weighted by atomic mass is 35.5. The number of anilines is 1. The minimum absolute atomic E-state index is 0.0351. The van der Waals surface area contributed by atoms with Crippen molar-refractivity contribution >= 4 is 29.2 Å². The summed E-state index contributed by atoms with van der Waals surface area (Å²) in [6.07, 6.45) is 1.21. The van der Waals surface area contributed by atoms with Gasteiger partial charge < -0.3 is 15.3 Å². The number of carbonyl (C=O) groups excluding carboxylic acids is 1. The molecule has 2 aromatic rings. The maximum atomic E-state index is 13.0. The molecule has 2 fully saturated rings. The Bertz CT molecular complexity index is 1080. The molecule has 2 atom stereocenters. The van der Waals surface area contributed by atoms with Crippen molar-refractivity contribution in [1.29, 1.82) is 0 Å². The van der Waals surface area contributed by atoms with Crippen LogP contribution in [-0.4, -0.2) is 36.1 Å². The number of piperidine rings is 1. The molecule has 0 aromatic heterocycles. The zero-order valence-corrected chi connectivity index (χ0v) is 20.6. The van der Waals surface area contributed by atoms with Gasteiger partial charge in [0, 0.05) is 35.8 Å². The van der Waals surface area contributed by atoms with Crippen LogP contribution >= 0.6 is 11.6 Å². The molecule has 4 rings (SSSR count). The Morgan fingerprint density at radius 1 is 1.03 bits per heavy atom. The summed E-state index contributed by atoms with van der Waals surface area (Å²) in [7, 11) is 0. The number of alkyl halides is 3. The number of rotatable bonds is 7. The van der Waals surface area contributed by atoms with Crippen molar-refractivity contribution in [1.82, 2.24) is 5.32 Å². The number of carbonyl (C=O) groups is 2. The first-order valence-electron chi connectivity index (χ1n) is 12.4. The van der Waals surface area contributed by atoms with E-state index in [1.165, 1.54) is 18.2 Å². The third-order valence-corrected chi connectivity index (χ3v) is 7.73. The predicted molar refractivity (Wildman–Crippen MR) is 132 cm³/mol. The molecular formula is C27H30ClF3N2O3. The molecule has 1 aliphatic carbocycles. The highest BCUT2D eigenvalue weighted by molar-refractivity contribution is 6.30. The number of nitrogens with one attached hydrogen (secondary N) is 1. The second-order valence-electron chi connectivity index (χ2n) is 9.76. The molecule has 9 heteroatoms. The van der Waals surface area contributed by atoms with Crippen molar-refractivity contribution in [3.8, 4) is 0 Å². The topological polar surface area (TPSA) is 69.6 Å². The van der Waals surface area contributed by atoms with Crippen molar-refractivity contribution in [3.63, 3.8) is 0 Å². The molecule has 2 N–H and O–H groups in total. The lowest BCUT2D eigenvalue weighted by Gasteiger charge is -2.34. The van der Waals surface area contributed by atoms with Crippen molar-refractivity contribution in [3.05, 3.63) is 64.2 Å². The molecule has 5 nitrogen and oxygen atoms in total. The Morgan fingerprint density at radius 2 is 1.72 bits per heavy atom. The zero-order valence-electron chi connectivity index (χ0n) is 19.9. The summed E-state index contributed by atoms with van der Waals surface area (Å²) < 4.78 is 38.4. The number of halogens is 4. The molecule has 1 amide bonds. The molecule has 2 aromatic carbocycles. The summed E-state index contributed by atoms with van der Waals surface area (Å²) in [5.74, 6) is -0.779. The van der Waals surface area contributed by atoms with E-state index in [4.69, 9.17) is 11.6 Å². The molecule has 1 heterocycles. The zero-order chi connectivity index (χ0) is 25.9. The van der Waals surface area contributed by atoms with Crippen LogP contribution in [0.15, 0.2) is 42.5 Å². The fraction of sp³-hybridized carbons (Fsp3) is 0.481. The van der Waals surface area contributed by atoms with Crippen molar-refractivity contribution in [2.75, 3.05) is 18.0 Å². The lowest BCUT2D eigenvalue weighted by Crippen LogP contribution is -2.45. The van der Waals surface area contributed by atoms with E-state index in [0.717, 1.165) is 43.5 Å². The van der Waals surface area contributed by atoms with Crippen LogP contribution in [0.5, 0.6) is 0 Å². The van der Waals surface area contributed by atoms with Gasteiger partial charge in [0.25, 0.3) is 0 Å². The Morgan fingerprint density at radius 3 is 2.36 bits per heavy atom. The summed E-state index contributed by atoms with van der Waals surface area (Å²) in [6.45, 7) is 1.23. The first kappa shape index (κ1) is 26.3. The SMILES string of the molecule is O=C(O)c1ccc(Cl)cc1CCC1CCCC1NC(=O)C1CCN(c2ccc(C(F)(F)F)cc2)CC1. The maximum absolute atomic E-state index is 13.0. The van der Waals surface area contributed by atoms with E-state index in [0.29, 0.717) is 42.9 Å². The van der Waals surface area contributed by atoms with Gasteiger partial charge in [0.15, 0.2) is 0 Å². The van der Waals surface area contributed by atoms with Crippen molar-refractivity contribution in [2.24, 2.45) is 11.8 Å². The predicted octanol–water partition coefficient (Wildman–Crippen LogP) is 6.19. The summed E-state index contributed by atoms with van der Waals surface area (Å²) in [5, 5.41) is 13.2. The molecule has 2 aliphatic rings. The molecule has 0 bridgehead atoms. The Hall–Kier alpha value is -2.74. The van der Waals surface area contributed by atoms with Crippen LogP contribution in [0.1, 0.15) is 60.0 Å². The second-order valence-corrected chi connectivity index (χ2v) is 10.2. The van der Waals surface area contributed by atoms with E-state index in [2.05, 4.69) is 5.32 Å². The maximum Gasteiger partial charge on any atom is 0.416 e. The van der Waals surface area contributed by atoms with Crippen LogP contribution in [0.2, 0.25) is 5.02 Å². The number of hydrogen-bond acceptors (Lipinski definition) is 3. The van der Waals surface area contributed by atoms with Gasteiger partial charge in [0.1, 0.15) is 0 Å². The van der Waals surface area contributed by atoms with Gasteiger partial charge >= 0.3 is 12.1 Å². The Balaban J connectivity index is 1.28. The fourth-order valence-electron chi connectivity index (χ4n) is 5.45. The van der Waals surface area contributed by atoms with Gasteiger partial charge in [0.2, 0.25) is 5.91 Å². The van der Waals surface area contributed by atoms with Gasteiger partial charge in [-0.25, -0.2) is 4.79 Å². The number of aromatic carboxylic acids is 1. The minimum Gasteiger partial charge on any atom is -0.478 e. The summed E-state index contributed by atoms with van der Waals surface area (Å²) >= 11 is 6.08. The van der Waals surface area contributed by atoms with E-state index in [9.17, 15) is 27.9 Å². The van der Waals surface area contributed by atoms with E-state index in [1.807, 2.05) is 4.90 Å². The van der Waals surface area contributed by atoms with E-state index in [-0.39, 0.29) is 29.3 Å². The third-order valence-electron chi connectivity index (χ3n) is 7.49. The minimum atomic E-state index is -4.35. The van der Waals surface area contributed by atoms with Crippen molar-refractivity contribution < 1.29 is 27.9 Å². The van der Waals surface area contributed by atoms with Crippen LogP contribution < -0.4 is 10.2 Å². The normalized spacial score (nSPS) is 20.9. The number of carboxylic acids is 1. The van der Waals surface area contributed by atoms with Crippen molar-refractivity contribution in [2.45, 2.75) is 57.2 Å². The van der Waals surface area contributed by atoms with Gasteiger partial charge in [-0.2, -0.15) is 13.2 Å². The van der Waals surface area contributed by atoms with E-state index >= 15 is 0 Å². The number of benzene rings is 2. The van der Waals surface area contributed by atoms with Gasteiger partial charge in [-0.05, 0) is 92.5 Å². The number of carboxylic acid groups (broad SMARTS) is 1. The molecule has 1 saturated carbocycles. The quantitative estimate of drug-likeness (QED) is 0.455. The van der Waals surface area contributed by atoms with Gasteiger partial charge in [0.05, 0.1) is 11.1 Å². The van der Waals surface area contributed by atoms with Crippen LogP contribution in [0.25, 0.3) is 0 Å². The number of amides is 1. The van der Waals surface area contributed by atoms with E-state index < -0.39 is 17.7 Å². The standard InChI is InChI=1S/C27H30ClF3N2O3/c28-21-8-11-23(26(35)36)19(16-21)5-4-17-2-1-3-24(17)32-25(34)18-12-14-33(15-13-18)22-9-6-20(7-10-22)27(29,30)31/h6-11,16-18,24H,1-5,12-15H2,(H,32,34)(H,35,36).